The summed E-state index contributed by atoms with van der Waals surface area (Å²) in [5, 5.41) is 3.50. The second-order valence-corrected chi connectivity index (χ2v) is 5.17. The predicted molar refractivity (Wildman–Crippen MR) is 55.3 cm³/mol. The van der Waals surface area contributed by atoms with Crippen molar-refractivity contribution in [3.8, 4) is 0 Å². The molecular formula is C9H21NS. The van der Waals surface area contributed by atoms with Crippen molar-refractivity contribution in [2.45, 2.75) is 44.9 Å². The van der Waals surface area contributed by atoms with Crippen molar-refractivity contribution >= 4 is 11.8 Å². The number of hydrogen-bond acceptors (Lipinski definition) is 2. The van der Waals surface area contributed by atoms with E-state index in [0.29, 0.717) is 10.8 Å². The first-order valence-electron chi connectivity index (χ1n) is 4.30. The van der Waals surface area contributed by atoms with Gasteiger partial charge in [0.25, 0.3) is 0 Å². The molecule has 0 aromatic carbocycles. The van der Waals surface area contributed by atoms with E-state index < -0.39 is 0 Å². The van der Waals surface area contributed by atoms with E-state index in [1.54, 1.807) is 0 Å². The third-order valence-electron chi connectivity index (χ3n) is 2.04. The Morgan fingerprint density at radius 1 is 1.45 bits per heavy atom. The van der Waals surface area contributed by atoms with Gasteiger partial charge in [0.05, 0.1) is 0 Å². The fourth-order valence-electron chi connectivity index (χ4n) is 0.637. The summed E-state index contributed by atoms with van der Waals surface area (Å²) in [5.74, 6) is 0. The highest BCUT2D eigenvalue weighted by Gasteiger charge is 2.15. The molecule has 68 valence electrons. The number of thioether (sulfide) groups is 1. The monoisotopic (exact) mass is 175 g/mol. The topological polar surface area (TPSA) is 12.0 Å². The van der Waals surface area contributed by atoms with E-state index in [1.807, 2.05) is 11.8 Å². The van der Waals surface area contributed by atoms with Gasteiger partial charge in [-0.2, -0.15) is 11.8 Å². The summed E-state index contributed by atoms with van der Waals surface area (Å²) < 4.78 is 0.378. The van der Waals surface area contributed by atoms with E-state index >= 15 is 0 Å². The molecule has 1 unspecified atom stereocenters. The highest BCUT2D eigenvalue weighted by molar-refractivity contribution is 7.99. The third kappa shape index (κ3) is 5.57. The van der Waals surface area contributed by atoms with E-state index in [0.717, 1.165) is 6.54 Å². The van der Waals surface area contributed by atoms with E-state index in [-0.39, 0.29) is 0 Å². The SMILES string of the molecule is CCC(C)NCC(C)(C)SC. The Bertz CT molecular complexity index is 102. The molecule has 0 bridgehead atoms. The Morgan fingerprint density at radius 2 is 2.00 bits per heavy atom. The summed E-state index contributed by atoms with van der Waals surface area (Å²) in [6.45, 7) is 10.1. The van der Waals surface area contributed by atoms with Crippen LogP contribution in [-0.2, 0) is 0 Å². The number of hydrogen-bond donors (Lipinski definition) is 1. The standard InChI is InChI=1S/C9H21NS/c1-6-8(2)10-7-9(3,4)11-5/h8,10H,6-7H2,1-5H3. The van der Waals surface area contributed by atoms with Gasteiger partial charge in [-0.3, -0.25) is 0 Å². The molecule has 0 spiro atoms. The lowest BCUT2D eigenvalue weighted by Gasteiger charge is -2.24. The molecule has 0 heterocycles. The minimum absolute atomic E-state index is 0.378. The van der Waals surface area contributed by atoms with Crippen molar-refractivity contribution in [1.29, 1.82) is 0 Å². The molecule has 11 heavy (non-hydrogen) atoms. The highest BCUT2D eigenvalue weighted by Crippen LogP contribution is 2.19. The van der Waals surface area contributed by atoms with Gasteiger partial charge in [-0.05, 0) is 33.4 Å². The first-order chi connectivity index (χ1) is 5.02. The zero-order valence-electron chi connectivity index (χ0n) is 8.40. The van der Waals surface area contributed by atoms with Gasteiger partial charge in [-0.15, -0.1) is 0 Å². The van der Waals surface area contributed by atoms with Crippen LogP contribution in [0.1, 0.15) is 34.1 Å². The van der Waals surface area contributed by atoms with Crippen molar-refractivity contribution in [1.82, 2.24) is 5.32 Å². The molecule has 0 fully saturated rings. The molecule has 0 amide bonds. The minimum Gasteiger partial charge on any atom is -0.313 e. The average Bonchev–Trinajstić information content (AvgIpc) is 2.00. The fourth-order valence-corrected chi connectivity index (χ4v) is 0.864. The molecule has 0 saturated heterocycles. The maximum Gasteiger partial charge on any atom is 0.0225 e. The van der Waals surface area contributed by atoms with E-state index in [2.05, 4.69) is 39.3 Å². The van der Waals surface area contributed by atoms with Gasteiger partial charge in [0.15, 0.2) is 0 Å². The zero-order chi connectivity index (χ0) is 8.91. The summed E-state index contributed by atoms with van der Waals surface area (Å²) in [6, 6.07) is 0.654. The third-order valence-corrected chi connectivity index (χ3v) is 3.29. The van der Waals surface area contributed by atoms with Crippen molar-refractivity contribution in [2.24, 2.45) is 0 Å². The summed E-state index contributed by atoms with van der Waals surface area (Å²) >= 11 is 1.92. The Balaban J connectivity index is 3.52. The summed E-state index contributed by atoms with van der Waals surface area (Å²) in [7, 11) is 0. The van der Waals surface area contributed by atoms with E-state index in [9.17, 15) is 0 Å². The molecule has 0 rings (SSSR count). The van der Waals surface area contributed by atoms with Gasteiger partial charge in [0.2, 0.25) is 0 Å². The lowest BCUT2D eigenvalue weighted by atomic mass is 10.2. The molecule has 1 nitrogen and oxygen atoms in total. The predicted octanol–water partition coefficient (Wildman–Crippen LogP) is 2.52. The first-order valence-corrected chi connectivity index (χ1v) is 5.53. The highest BCUT2D eigenvalue weighted by atomic mass is 32.2. The van der Waals surface area contributed by atoms with Crippen LogP contribution in [0.4, 0.5) is 0 Å². The van der Waals surface area contributed by atoms with E-state index in [1.165, 1.54) is 6.42 Å². The normalized spacial score (nSPS) is 15.0. The summed E-state index contributed by atoms with van der Waals surface area (Å²) in [5.41, 5.74) is 0. The molecule has 0 aromatic rings. The average molecular weight is 175 g/mol. The minimum atomic E-state index is 0.378. The van der Waals surface area contributed by atoms with Crippen LogP contribution >= 0.6 is 11.8 Å². The van der Waals surface area contributed by atoms with Crippen LogP contribution in [0.3, 0.4) is 0 Å². The summed E-state index contributed by atoms with van der Waals surface area (Å²) in [4.78, 5) is 0. The molecule has 1 atom stereocenters. The largest absolute Gasteiger partial charge is 0.313 e. The Kier molecular flexibility index (Phi) is 5.19. The Hall–Kier alpha value is 0.310. The van der Waals surface area contributed by atoms with Crippen LogP contribution in [0, 0.1) is 0 Å². The van der Waals surface area contributed by atoms with Crippen LogP contribution in [-0.4, -0.2) is 23.6 Å². The maximum atomic E-state index is 3.50. The molecule has 2 heteroatoms. The summed E-state index contributed by atoms with van der Waals surface area (Å²) in [6.07, 6.45) is 3.38. The van der Waals surface area contributed by atoms with Gasteiger partial charge in [0.1, 0.15) is 0 Å². The van der Waals surface area contributed by atoms with Crippen molar-refractivity contribution in [3.05, 3.63) is 0 Å². The Labute approximate surface area is 75.3 Å². The quantitative estimate of drug-likeness (QED) is 0.689. The molecule has 0 aliphatic heterocycles. The van der Waals surface area contributed by atoms with Gasteiger partial charge >= 0.3 is 0 Å². The maximum absolute atomic E-state index is 3.50. The van der Waals surface area contributed by atoms with Crippen molar-refractivity contribution < 1.29 is 0 Å². The molecule has 0 radical (unpaired) electrons. The van der Waals surface area contributed by atoms with Crippen molar-refractivity contribution in [3.63, 3.8) is 0 Å². The first kappa shape index (κ1) is 11.3. The van der Waals surface area contributed by atoms with Crippen LogP contribution in [0.25, 0.3) is 0 Å². The number of nitrogens with one attached hydrogen (secondary N) is 1. The second-order valence-electron chi connectivity index (χ2n) is 3.65. The second kappa shape index (κ2) is 5.04. The molecule has 0 aliphatic carbocycles. The van der Waals surface area contributed by atoms with Gasteiger partial charge in [-0.25, -0.2) is 0 Å². The van der Waals surface area contributed by atoms with Crippen LogP contribution in [0.15, 0.2) is 0 Å². The van der Waals surface area contributed by atoms with E-state index in [4.69, 9.17) is 0 Å². The molecule has 0 aliphatic rings. The van der Waals surface area contributed by atoms with Crippen LogP contribution in [0.5, 0.6) is 0 Å². The molecular weight excluding hydrogens is 154 g/mol. The fraction of sp³-hybridized carbons (Fsp3) is 1.00. The zero-order valence-corrected chi connectivity index (χ0v) is 9.22. The van der Waals surface area contributed by atoms with Gasteiger partial charge in [0, 0.05) is 17.3 Å². The molecule has 0 saturated carbocycles. The smallest absolute Gasteiger partial charge is 0.0225 e. The van der Waals surface area contributed by atoms with Crippen LogP contribution < -0.4 is 5.32 Å². The van der Waals surface area contributed by atoms with Gasteiger partial charge < -0.3 is 5.32 Å². The van der Waals surface area contributed by atoms with Crippen LogP contribution in [0.2, 0.25) is 0 Å². The lowest BCUT2D eigenvalue weighted by Crippen LogP contribution is -2.37. The van der Waals surface area contributed by atoms with Gasteiger partial charge in [-0.1, -0.05) is 6.92 Å². The number of rotatable bonds is 5. The molecule has 0 aromatic heterocycles. The molecule has 1 N–H and O–H groups in total. The lowest BCUT2D eigenvalue weighted by molar-refractivity contribution is 0.497. The van der Waals surface area contributed by atoms with Crippen molar-refractivity contribution in [2.75, 3.05) is 12.8 Å². The Morgan fingerprint density at radius 3 is 2.36 bits per heavy atom.